The van der Waals surface area contributed by atoms with Crippen LogP contribution in [-0.2, 0) is 6.42 Å². The summed E-state index contributed by atoms with van der Waals surface area (Å²) in [5, 5.41) is 12.1. The highest BCUT2D eigenvalue weighted by Gasteiger charge is 2.20. The number of aromatic nitrogens is 4. The van der Waals surface area contributed by atoms with Gasteiger partial charge >= 0.3 is 0 Å². The van der Waals surface area contributed by atoms with Crippen LogP contribution in [0.5, 0.6) is 5.75 Å². The van der Waals surface area contributed by atoms with Gasteiger partial charge in [0.25, 0.3) is 0 Å². The van der Waals surface area contributed by atoms with Gasteiger partial charge in [-0.2, -0.15) is 4.68 Å². The SMILES string of the molecule is CCc1ccc(C(=O)[C@H](C)Sc2nnnn2-c2ccc(OC)cc2)cc1. The number of benzene rings is 2. The van der Waals surface area contributed by atoms with Gasteiger partial charge in [-0.25, -0.2) is 0 Å². The van der Waals surface area contributed by atoms with E-state index in [-0.39, 0.29) is 11.0 Å². The average molecular weight is 368 g/mol. The van der Waals surface area contributed by atoms with Crippen LogP contribution in [0.3, 0.4) is 0 Å². The van der Waals surface area contributed by atoms with Crippen LogP contribution >= 0.6 is 11.8 Å². The van der Waals surface area contributed by atoms with Gasteiger partial charge in [0.1, 0.15) is 5.75 Å². The molecule has 0 unspecified atom stereocenters. The van der Waals surface area contributed by atoms with E-state index in [1.807, 2.05) is 55.5 Å². The molecule has 1 heterocycles. The molecule has 0 spiro atoms. The number of Topliss-reactive ketones (excluding diaryl/α,β-unsaturated/α-hetero) is 1. The summed E-state index contributed by atoms with van der Waals surface area (Å²) < 4.78 is 6.79. The Morgan fingerprint density at radius 1 is 1.15 bits per heavy atom. The predicted molar refractivity (Wildman–Crippen MR) is 101 cm³/mol. The Morgan fingerprint density at radius 3 is 2.46 bits per heavy atom. The van der Waals surface area contributed by atoms with Crippen molar-refractivity contribution in [1.82, 2.24) is 20.2 Å². The maximum Gasteiger partial charge on any atom is 0.214 e. The lowest BCUT2D eigenvalue weighted by Crippen LogP contribution is -2.14. The van der Waals surface area contributed by atoms with Crippen LogP contribution in [0.4, 0.5) is 0 Å². The number of thioether (sulfide) groups is 1. The maximum absolute atomic E-state index is 12.7. The second-order valence-electron chi connectivity index (χ2n) is 5.75. The lowest BCUT2D eigenvalue weighted by Gasteiger charge is -2.11. The van der Waals surface area contributed by atoms with Crippen molar-refractivity contribution >= 4 is 17.5 Å². The zero-order chi connectivity index (χ0) is 18.5. The molecule has 1 atom stereocenters. The van der Waals surface area contributed by atoms with Crippen LogP contribution in [0.25, 0.3) is 5.69 Å². The Morgan fingerprint density at radius 2 is 1.85 bits per heavy atom. The minimum Gasteiger partial charge on any atom is -0.497 e. The van der Waals surface area contributed by atoms with E-state index in [0.29, 0.717) is 10.7 Å². The van der Waals surface area contributed by atoms with Gasteiger partial charge in [-0.05, 0) is 53.6 Å². The van der Waals surface area contributed by atoms with Gasteiger partial charge < -0.3 is 4.74 Å². The Bertz CT molecular complexity index is 875. The first-order valence-corrected chi connectivity index (χ1v) is 9.23. The second kappa shape index (κ2) is 8.14. The largest absolute Gasteiger partial charge is 0.497 e. The molecule has 0 aliphatic rings. The van der Waals surface area contributed by atoms with Crippen molar-refractivity contribution in [3.63, 3.8) is 0 Å². The number of aryl methyl sites for hydroxylation is 1. The summed E-state index contributed by atoms with van der Waals surface area (Å²) in [6.45, 7) is 3.96. The first-order valence-electron chi connectivity index (χ1n) is 8.35. The molecular weight excluding hydrogens is 348 g/mol. The molecule has 3 aromatic rings. The van der Waals surface area contributed by atoms with E-state index in [0.717, 1.165) is 17.9 Å². The Balaban J connectivity index is 1.76. The van der Waals surface area contributed by atoms with Crippen LogP contribution in [0.2, 0.25) is 0 Å². The summed E-state index contributed by atoms with van der Waals surface area (Å²) in [5.41, 5.74) is 2.72. The van der Waals surface area contributed by atoms with Crippen molar-refractivity contribution in [3.05, 3.63) is 59.7 Å². The molecule has 0 radical (unpaired) electrons. The molecule has 0 aliphatic carbocycles. The normalized spacial score (nSPS) is 12.0. The smallest absolute Gasteiger partial charge is 0.214 e. The lowest BCUT2D eigenvalue weighted by molar-refractivity contribution is 0.0994. The van der Waals surface area contributed by atoms with Crippen molar-refractivity contribution in [2.24, 2.45) is 0 Å². The first-order chi connectivity index (χ1) is 12.6. The number of rotatable bonds is 7. The van der Waals surface area contributed by atoms with Crippen LogP contribution < -0.4 is 4.74 Å². The van der Waals surface area contributed by atoms with E-state index in [1.54, 1.807) is 11.8 Å². The number of tetrazole rings is 1. The monoisotopic (exact) mass is 368 g/mol. The van der Waals surface area contributed by atoms with Gasteiger partial charge in [0.15, 0.2) is 5.78 Å². The lowest BCUT2D eigenvalue weighted by atomic mass is 10.1. The fourth-order valence-electron chi connectivity index (χ4n) is 2.49. The molecule has 0 amide bonds. The molecule has 0 saturated carbocycles. The second-order valence-corrected chi connectivity index (χ2v) is 7.05. The maximum atomic E-state index is 12.7. The van der Waals surface area contributed by atoms with Crippen LogP contribution in [0.15, 0.2) is 53.7 Å². The van der Waals surface area contributed by atoms with E-state index in [1.165, 1.54) is 17.3 Å². The van der Waals surface area contributed by atoms with Crippen molar-refractivity contribution in [2.75, 3.05) is 7.11 Å². The number of methoxy groups -OCH3 is 1. The molecule has 0 N–H and O–H groups in total. The van der Waals surface area contributed by atoms with Crippen LogP contribution in [0.1, 0.15) is 29.8 Å². The minimum absolute atomic E-state index is 0.0573. The topological polar surface area (TPSA) is 69.9 Å². The van der Waals surface area contributed by atoms with E-state index < -0.39 is 0 Å². The molecule has 134 valence electrons. The van der Waals surface area contributed by atoms with E-state index in [9.17, 15) is 4.79 Å². The van der Waals surface area contributed by atoms with E-state index in [2.05, 4.69) is 22.4 Å². The molecular formula is C19H20N4O2S. The van der Waals surface area contributed by atoms with Crippen molar-refractivity contribution in [2.45, 2.75) is 30.7 Å². The Labute approximate surface area is 156 Å². The molecule has 0 fully saturated rings. The van der Waals surface area contributed by atoms with Gasteiger partial charge in [0, 0.05) is 5.56 Å². The third-order valence-electron chi connectivity index (χ3n) is 4.06. The molecule has 3 rings (SSSR count). The third-order valence-corrected chi connectivity index (χ3v) is 5.09. The van der Waals surface area contributed by atoms with E-state index >= 15 is 0 Å². The summed E-state index contributed by atoms with van der Waals surface area (Å²) in [5.74, 6) is 0.817. The number of ether oxygens (including phenoxy) is 1. The summed E-state index contributed by atoms with van der Waals surface area (Å²) >= 11 is 1.34. The Hall–Kier alpha value is -2.67. The van der Waals surface area contributed by atoms with Gasteiger partial charge in [0.2, 0.25) is 5.16 Å². The highest BCUT2D eigenvalue weighted by atomic mass is 32.2. The number of ketones is 1. The molecule has 7 heteroatoms. The molecule has 0 aliphatic heterocycles. The fourth-order valence-corrected chi connectivity index (χ4v) is 3.37. The molecule has 26 heavy (non-hydrogen) atoms. The fraction of sp³-hybridized carbons (Fsp3) is 0.263. The highest BCUT2D eigenvalue weighted by Crippen LogP contribution is 2.26. The molecule has 6 nitrogen and oxygen atoms in total. The summed E-state index contributed by atoms with van der Waals surface area (Å²) in [6, 6.07) is 15.2. The van der Waals surface area contributed by atoms with Gasteiger partial charge in [-0.3, -0.25) is 4.79 Å². The quantitative estimate of drug-likeness (QED) is 0.469. The summed E-state index contributed by atoms with van der Waals surface area (Å²) in [6.07, 6.45) is 0.954. The number of carbonyl (C=O) groups excluding carboxylic acids is 1. The number of carbonyl (C=O) groups is 1. The average Bonchev–Trinajstić information content (AvgIpc) is 3.15. The number of nitrogens with zero attached hydrogens (tertiary/aromatic N) is 4. The molecule has 2 aromatic carbocycles. The standard InChI is InChI=1S/C19H20N4O2S/c1-4-14-5-7-15(8-6-14)18(24)13(2)26-19-20-21-22-23(19)16-9-11-17(25-3)12-10-16/h5-13H,4H2,1-3H3/t13-/m0/s1. The molecule has 1 aromatic heterocycles. The van der Waals surface area contributed by atoms with Gasteiger partial charge in [0.05, 0.1) is 18.0 Å². The third kappa shape index (κ3) is 3.94. The minimum atomic E-state index is -0.300. The van der Waals surface area contributed by atoms with E-state index in [4.69, 9.17) is 4.74 Å². The van der Waals surface area contributed by atoms with Crippen molar-refractivity contribution in [3.8, 4) is 11.4 Å². The van der Waals surface area contributed by atoms with Crippen molar-refractivity contribution < 1.29 is 9.53 Å². The predicted octanol–water partition coefficient (Wildman–Crippen LogP) is 3.60. The number of hydrogen-bond donors (Lipinski definition) is 0. The first kappa shape index (κ1) is 18.1. The van der Waals surface area contributed by atoms with Crippen LogP contribution in [-0.4, -0.2) is 38.4 Å². The van der Waals surface area contributed by atoms with Crippen LogP contribution in [0, 0.1) is 0 Å². The zero-order valence-corrected chi connectivity index (χ0v) is 15.7. The van der Waals surface area contributed by atoms with Gasteiger partial charge in [-0.1, -0.05) is 43.0 Å². The van der Waals surface area contributed by atoms with Gasteiger partial charge in [-0.15, -0.1) is 5.10 Å². The molecule has 0 bridgehead atoms. The highest BCUT2D eigenvalue weighted by molar-refractivity contribution is 8.00. The van der Waals surface area contributed by atoms with Crippen molar-refractivity contribution in [1.29, 1.82) is 0 Å². The summed E-state index contributed by atoms with van der Waals surface area (Å²) in [7, 11) is 1.62. The zero-order valence-electron chi connectivity index (χ0n) is 14.9. The summed E-state index contributed by atoms with van der Waals surface area (Å²) in [4.78, 5) is 12.7. The Kier molecular flexibility index (Phi) is 5.68. The molecule has 0 saturated heterocycles. The number of hydrogen-bond acceptors (Lipinski definition) is 6.